The molecule has 1 spiro atoms. The van der Waals surface area contributed by atoms with Gasteiger partial charge in [0.2, 0.25) is 11.8 Å². The zero-order valence-corrected chi connectivity index (χ0v) is 17.2. The van der Waals surface area contributed by atoms with Crippen molar-refractivity contribution in [3.8, 4) is 0 Å². The Bertz CT molecular complexity index is 1030. The number of likely N-dealkylation sites (tertiary alicyclic amines) is 1. The molecule has 3 aliphatic heterocycles. The van der Waals surface area contributed by atoms with Crippen molar-refractivity contribution in [3.63, 3.8) is 0 Å². The topological polar surface area (TPSA) is 85.7 Å². The molecule has 8 nitrogen and oxygen atoms in total. The third-order valence-electron chi connectivity index (χ3n) is 6.52. The molecular weight excluding hydrogens is 384 g/mol. The first-order chi connectivity index (χ1) is 14.6. The Morgan fingerprint density at radius 1 is 1.40 bits per heavy atom. The van der Waals surface area contributed by atoms with E-state index in [0.717, 1.165) is 23.4 Å². The summed E-state index contributed by atoms with van der Waals surface area (Å²) in [6.07, 6.45) is 3.54. The smallest absolute Gasteiger partial charge is 0.230 e. The number of hydrogen-bond acceptors (Lipinski definition) is 5. The van der Waals surface area contributed by atoms with Crippen LogP contribution in [0.4, 0.5) is 0 Å². The number of nitrogens with one attached hydrogen (secondary N) is 1. The van der Waals surface area contributed by atoms with E-state index in [4.69, 9.17) is 9.47 Å². The van der Waals surface area contributed by atoms with Crippen LogP contribution in [0.25, 0.3) is 11.0 Å². The number of nitrogens with zero attached hydrogens (tertiary/aromatic N) is 3. The maximum absolute atomic E-state index is 13.2. The molecule has 0 saturated carbocycles. The minimum atomic E-state index is -0.686. The van der Waals surface area contributed by atoms with Gasteiger partial charge in [-0.25, -0.2) is 4.98 Å². The molecule has 30 heavy (non-hydrogen) atoms. The highest BCUT2D eigenvalue weighted by Gasteiger charge is 2.66. The summed E-state index contributed by atoms with van der Waals surface area (Å²) < 4.78 is 13.4. The SMILES string of the molecule is CCn1c(CNC(=O)C2C3C=CC4(CN(CCOC)C(=O)C24)O3)nc2ccccc21. The number of fused-ring (bicyclic) bond motifs is 2. The molecule has 2 amide bonds. The van der Waals surface area contributed by atoms with Gasteiger partial charge in [-0.05, 0) is 19.1 Å². The van der Waals surface area contributed by atoms with Crippen molar-refractivity contribution >= 4 is 22.8 Å². The Morgan fingerprint density at radius 2 is 2.23 bits per heavy atom. The molecule has 0 radical (unpaired) electrons. The molecule has 4 heterocycles. The van der Waals surface area contributed by atoms with Crippen LogP contribution in [0, 0.1) is 11.8 Å². The number of amides is 2. The van der Waals surface area contributed by atoms with E-state index in [2.05, 4.69) is 21.8 Å². The van der Waals surface area contributed by atoms with E-state index in [1.54, 1.807) is 12.0 Å². The molecule has 1 aromatic carbocycles. The monoisotopic (exact) mass is 410 g/mol. The molecule has 1 N–H and O–H groups in total. The Kier molecular flexibility index (Phi) is 4.63. The molecule has 2 bridgehead atoms. The zero-order chi connectivity index (χ0) is 20.9. The maximum Gasteiger partial charge on any atom is 0.230 e. The first kappa shape index (κ1) is 19.3. The lowest BCUT2D eigenvalue weighted by atomic mass is 9.77. The molecule has 1 aromatic heterocycles. The Labute approximate surface area is 174 Å². The van der Waals surface area contributed by atoms with Gasteiger partial charge in [-0.2, -0.15) is 0 Å². The first-order valence-corrected chi connectivity index (χ1v) is 10.4. The number of imidazole rings is 1. The summed E-state index contributed by atoms with van der Waals surface area (Å²) in [4.78, 5) is 32.6. The van der Waals surface area contributed by atoms with Crippen molar-refractivity contribution in [1.29, 1.82) is 0 Å². The number of para-hydroxylation sites is 2. The van der Waals surface area contributed by atoms with Gasteiger partial charge in [0.25, 0.3) is 0 Å². The standard InChI is InChI=1S/C22H26N4O4/c1-3-26-15-7-5-4-6-14(15)24-17(26)12-23-20(27)18-16-8-9-22(30-16)13-25(10-11-29-2)21(28)19(18)22/h4-9,16,18-19H,3,10-13H2,1-2H3,(H,23,27). The predicted molar refractivity (Wildman–Crippen MR) is 109 cm³/mol. The van der Waals surface area contributed by atoms with Crippen molar-refractivity contribution in [2.75, 3.05) is 26.8 Å². The number of benzene rings is 1. The van der Waals surface area contributed by atoms with Crippen LogP contribution in [-0.4, -0.2) is 64.8 Å². The summed E-state index contributed by atoms with van der Waals surface area (Å²) in [5.41, 5.74) is 1.27. The second-order valence-corrected chi connectivity index (χ2v) is 8.13. The van der Waals surface area contributed by atoms with E-state index < -0.39 is 17.4 Å². The minimum absolute atomic E-state index is 0.0279. The first-order valence-electron chi connectivity index (χ1n) is 10.4. The number of ether oxygens (including phenoxy) is 2. The quantitative estimate of drug-likeness (QED) is 0.691. The van der Waals surface area contributed by atoms with Gasteiger partial charge in [0.1, 0.15) is 11.4 Å². The minimum Gasteiger partial charge on any atom is -0.383 e. The molecule has 2 fully saturated rings. The molecule has 4 unspecified atom stereocenters. The molecule has 2 aromatic rings. The van der Waals surface area contributed by atoms with E-state index in [0.29, 0.717) is 26.2 Å². The fourth-order valence-corrected chi connectivity index (χ4v) is 5.17. The molecule has 3 aliphatic rings. The zero-order valence-electron chi connectivity index (χ0n) is 17.2. The van der Waals surface area contributed by atoms with Gasteiger partial charge in [0, 0.05) is 20.2 Å². The summed E-state index contributed by atoms with van der Waals surface area (Å²) in [6.45, 7) is 4.58. The van der Waals surface area contributed by atoms with Crippen LogP contribution in [-0.2, 0) is 32.2 Å². The Hall–Kier alpha value is -2.71. The van der Waals surface area contributed by atoms with E-state index in [1.165, 1.54) is 0 Å². The van der Waals surface area contributed by atoms with Crippen molar-refractivity contribution < 1.29 is 19.1 Å². The number of aromatic nitrogens is 2. The van der Waals surface area contributed by atoms with Gasteiger partial charge < -0.3 is 24.3 Å². The molecule has 4 atom stereocenters. The highest BCUT2D eigenvalue weighted by molar-refractivity contribution is 5.93. The average Bonchev–Trinajstić information content (AvgIpc) is 3.48. The van der Waals surface area contributed by atoms with Crippen LogP contribution in [0.5, 0.6) is 0 Å². The summed E-state index contributed by atoms with van der Waals surface area (Å²) >= 11 is 0. The fraction of sp³-hybridized carbons (Fsp3) is 0.500. The van der Waals surface area contributed by atoms with Crippen LogP contribution < -0.4 is 5.32 Å². The third-order valence-corrected chi connectivity index (χ3v) is 6.52. The normalized spacial score (nSPS) is 29.2. The van der Waals surface area contributed by atoms with E-state index >= 15 is 0 Å². The fourth-order valence-electron chi connectivity index (χ4n) is 5.17. The second-order valence-electron chi connectivity index (χ2n) is 8.13. The van der Waals surface area contributed by atoms with Crippen LogP contribution in [0.3, 0.4) is 0 Å². The third kappa shape index (κ3) is 2.78. The molecule has 8 heteroatoms. The average molecular weight is 410 g/mol. The molecule has 158 valence electrons. The highest BCUT2D eigenvalue weighted by Crippen LogP contribution is 2.51. The van der Waals surface area contributed by atoms with Gasteiger partial charge in [-0.15, -0.1) is 0 Å². The molecule has 5 rings (SSSR count). The number of carbonyl (C=O) groups is 2. The number of methoxy groups -OCH3 is 1. The summed E-state index contributed by atoms with van der Waals surface area (Å²) in [6, 6.07) is 7.94. The van der Waals surface area contributed by atoms with Gasteiger partial charge >= 0.3 is 0 Å². The second kappa shape index (κ2) is 7.21. The number of rotatable bonds is 7. The largest absolute Gasteiger partial charge is 0.383 e. The van der Waals surface area contributed by atoms with E-state index in [-0.39, 0.29) is 17.9 Å². The van der Waals surface area contributed by atoms with Gasteiger partial charge in [-0.3, -0.25) is 9.59 Å². The van der Waals surface area contributed by atoms with E-state index in [9.17, 15) is 9.59 Å². The van der Waals surface area contributed by atoms with Gasteiger partial charge in [0.15, 0.2) is 0 Å². The number of hydrogen-bond donors (Lipinski definition) is 1. The van der Waals surface area contributed by atoms with Crippen molar-refractivity contribution in [1.82, 2.24) is 19.8 Å². The van der Waals surface area contributed by atoms with Gasteiger partial charge in [0.05, 0.1) is 48.7 Å². The predicted octanol–water partition coefficient (Wildman–Crippen LogP) is 1.10. The highest BCUT2D eigenvalue weighted by atomic mass is 16.5. The summed E-state index contributed by atoms with van der Waals surface area (Å²) in [5, 5.41) is 3.02. The lowest BCUT2D eigenvalue weighted by Gasteiger charge is -2.23. The number of aryl methyl sites for hydroxylation is 1. The van der Waals surface area contributed by atoms with Crippen LogP contribution in [0.2, 0.25) is 0 Å². The maximum atomic E-state index is 13.2. The summed E-state index contributed by atoms with van der Waals surface area (Å²) in [7, 11) is 1.61. The Morgan fingerprint density at radius 3 is 3.03 bits per heavy atom. The molecule has 2 saturated heterocycles. The van der Waals surface area contributed by atoms with Crippen molar-refractivity contribution in [2.24, 2.45) is 11.8 Å². The van der Waals surface area contributed by atoms with Crippen LogP contribution in [0.15, 0.2) is 36.4 Å². The van der Waals surface area contributed by atoms with Gasteiger partial charge in [-0.1, -0.05) is 24.3 Å². The number of carbonyl (C=O) groups excluding carboxylic acids is 2. The molecular formula is C22H26N4O4. The van der Waals surface area contributed by atoms with Crippen molar-refractivity contribution in [3.05, 3.63) is 42.2 Å². The lowest BCUT2D eigenvalue weighted by molar-refractivity contribution is -0.137. The van der Waals surface area contributed by atoms with Crippen LogP contribution in [0.1, 0.15) is 12.7 Å². The van der Waals surface area contributed by atoms with Crippen LogP contribution >= 0.6 is 0 Å². The lowest BCUT2D eigenvalue weighted by Crippen LogP contribution is -2.44. The van der Waals surface area contributed by atoms with E-state index in [1.807, 2.05) is 36.4 Å². The van der Waals surface area contributed by atoms with Crippen molar-refractivity contribution in [2.45, 2.75) is 31.7 Å². The Balaban J connectivity index is 1.34. The summed E-state index contributed by atoms with van der Waals surface area (Å²) in [5.74, 6) is -0.377. The molecule has 0 aliphatic carbocycles.